The van der Waals surface area contributed by atoms with E-state index >= 15 is 0 Å². The van der Waals surface area contributed by atoms with Crippen LogP contribution in [-0.2, 0) is 42.9 Å². The molecule has 1 aromatic rings. The van der Waals surface area contributed by atoms with Gasteiger partial charge in [-0.2, -0.15) is 0 Å². The van der Waals surface area contributed by atoms with Crippen molar-refractivity contribution in [1.29, 1.82) is 0 Å². The van der Waals surface area contributed by atoms with E-state index in [1.54, 1.807) is 30.3 Å². The quantitative estimate of drug-likeness (QED) is 0.408. The van der Waals surface area contributed by atoms with Gasteiger partial charge in [0.15, 0.2) is 12.2 Å². The highest BCUT2D eigenvalue weighted by molar-refractivity contribution is 5.46. The number of hydrogen-bond donors (Lipinski definition) is 1. The first kappa shape index (κ1) is 19.2. The van der Waals surface area contributed by atoms with E-state index in [0.29, 0.717) is 5.69 Å². The van der Waals surface area contributed by atoms with Crippen LogP contribution in [-0.4, -0.2) is 63.1 Å². The Morgan fingerprint density at radius 2 is 1.54 bits per heavy atom. The van der Waals surface area contributed by atoms with E-state index in [-0.39, 0.29) is 32.5 Å². The molecule has 0 spiro atoms. The van der Waals surface area contributed by atoms with Crippen LogP contribution in [0, 0.1) is 0 Å². The molecule has 0 aliphatic carbocycles. The number of para-hydroxylation sites is 1. The third-order valence-corrected chi connectivity index (χ3v) is 3.70. The van der Waals surface area contributed by atoms with Crippen molar-refractivity contribution in [2.45, 2.75) is 30.6 Å². The van der Waals surface area contributed by atoms with Gasteiger partial charge < -0.3 is 29.0 Å². The molecule has 1 aromatic carbocycles. The Hall–Kier alpha value is -3.14. The molecule has 26 heavy (non-hydrogen) atoms. The van der Waals surface area contributed by atoms with Crippen molar-refractivity contribution in [3.8, 4) is 0 Å². The Labute approximate surface area is 148 Å². The van der Waals surface area contributed by atoms with E-state index in [1.807, 2.05) is 0 Å². The number of nitrogens with one attached hydrogen (secondary N) is 1. The SMILES string of the molecule is O=COC[C@@H]1O[C@H](OC=O)[C@@H](Nc2ccccc2)[C@@H](OC=O)[C@@H]1OC=O. The van der Waals surface area contributed by atoms with Crippen LogP contribution in [0.1, 0.15) is 0 Å². The Balaban J connectivity index is 2.32. The highest BCUT2D eigenvalue weighted by atomic mass is 16.7. The summed E-state index contributed by atoms with van der Waals surface area (Å²) in [4.78, 5) is 43.2. The molecule has 1 fully saturated rings. The van der Waals surface area contributed by atoms with Gasteiger partial charge in [0.2, 0.25) is 6.29 Å². The zero-order valence-electron chi connectivity index (χ0n) is 13.5. The molecule has 140 valence electrons. The van der Waals surface area contributed by atoms with E-state index < -0.39 is 30.6 Å². The molecule has 1 saturated heterocycles. The second-order valence-electron chi connectivity index (χ2n) is 5.13. The predicted molar refractivity (Wildman–Crippen MR) is 83.6 cm³/mol. The fraction of sp³-hybridized carbons (Fsp3) is 0.375. The van der Waals surface area contributed by atoms with Crippen LogP contribution < -0.4 is 5.32 Å². The minimum absolute atomic E-state index is 0.156. The lowest BCUT2D eigenvalue weighted by atomic mass is 9.96. The van der Waals surface area contributed by atoms with Crippen LogP contribution in [0.25, 0.3) is 0 Å². The average Bonchev–Trinajstić information content (AvgIpc) is 2.66. The second kappa shape index (κ2) is 9.99. The van der Waals surface area contributed by atoms with E-state index in [9.17, 15) is 19.2 Å². The predicted octanol–water partition coefficient (Wildman–Crippen LogP) is -0.379. The van der Waals surface area contributed by atoms with Crippen molar-refractivity contribution in [1.82, 2.24) is 0 Å². The van der Waals surface area contributed by atoms with Crippen molar-refractivity contribution in [2.75, 3.05) is 11.9 Å². The Kier molecular flexibility index (Phi) is 7.37. The van der Waals surface area contributed by atoms with Crippen molar-refractivity contribution in [3.63, 3.8) is 0 Å². The molecule has 10 heteroatoms. The average molecular weight is 367 g/mol. The fourth-order valence-electron chi connectivity index (χ4n) is 2.68. The van der Waals surface area contributed by atoms with Crippen LogP contribution in [0.4, 0.5) is 5.69 Å². The van der Waals surface area contributed by atoms with Crippen LogP contribution in [0.5, 0.6) is 0 Å². The summed E-state index contributed by atoms with van der Waals surface area (Å²) in [7, 11) is 0. The second-order valence-corrected chi connectivity index (χ2v) is 5.13. The van der Waals surface area contributed by atoms with E-state index in [0.717, 1.165) is 0 Å². The van der Waals surface area contributed by atoms with Crippen LogP contribution in [0.15, 0.2) is 30.3 Å². The maximum Gasteiger partial charge on any atom is 0.295 e. The van der Waals surface area contributed by atoms with Crippen LogP contribution in [0.2, 0.25) is 0 Å². The van der Waals surface area contributed by atoms with E-state index in [2.05, 4.69) is 10.1 Å². The van der Waals surface area contributed by atoms with E-state index in [1.165, 1.54) is 0 Å². The lowest BCUT2D eigenvalue weighted by Crippen LogP contribution is -2.63. The summed E-state index contributed by atoms with van der Waals surface area (Å²) >= 11 is 0. The number of anilines is 1. The van der Waals surface area contributed by atoms with Crippen molar-refractivity contribution < 1.29 is 42.9 Å². The van der Waals surface area contributed by atoms with Crippen molar-refractivity contribution in [3.05, 3.63) is 30.3 Å². The van der Waals surface area contributed by atoms with Gasteiger partial charge in [-0.1, -0.05) is 18.2 Å². The van der Waals surface area contributed by atoms with Gasteiger partial charge in [0.1, 0.15) is 18.8 Å². The zero-order valence-corrected chi connectivity index (χ0v) is 13.5. The van der Waals surface area contributed by atoms with Gasteiger partial charge in [0.25, 0.3) is 25.9 Å². The number of benzene rings is 1. The maximum absolute atomic E-state index is 11.0. The summed E-state index contributed by atoms with van der Waals surface area (Å²) in [6.07, 6.45) is -4.42. The standard InChI is InChI=1S/C16H17NO9/c18-7-22-6-12-14(23-8-19)15(24-9-20)13(16(26-12)25-10-21)17-11-4-2-1-3-5-11/h1-5,7-10,12-17H,6H2/t12-,13-,14+,15+,16-/m0/s1. The molecule has 5 atom stereocenters. The van der Waals surface area contributed by atoms with Gasteiger partial charge in [-0.25, -0.2) is 0 Å². The first-order valence-corrected chi connectivity index (χ1v) is 7.54. The maximum atomic E-state index is 11.0. The number of rotatable bonds is 11. The van der Waals surface area contributed by atoms with Gasteiger partial charge in [-0.3, -0.25) is 19.2 Å². The summed E-state index contributed by atoms with van der Waals surface area (Å²) in [5, 5.41) is 3.02. The summed E-state index contributed by atoms with van der Waals surface area (Å²) < 4.78 is 25.2. The molecule has 1 aliphatic heterocycles. The number of hydrogen-bond acceptors (Lipinski definition) is 10. The molecule has 0 radical (unpaired) electrons. The monoisotopic (exact) mass is 367 g/mol. The third kappa shape index (κ3) is 4.70. The molecular formula is C16H17NO9. The fourth-order valence-corrected chi connectivity index (χ4v) is 2.68. The summed E-state index contributed by atoms with van der Waals surface area (Å²) in [6, 6.07) is 7.88. The largest absolute Gasteiger partial charge is 0.465 e. The highest BCUT2D eigenvalue weighted by Crippen LogP contribution is 2.28. The Morgan fingerprint density at radius 3 is 2.15 bits per heavy atom. The lowest BCUT2D eigenvalue weighted by Gasteiger charge is -2.43. The van der Waals surface area contributed by atoms with Gasteiger partial charge in [-0.05, 0) is 12.1 Å². The molecule has 0 saturated carbocycles. The molecule has 2 rings (SSSR count). The third-order valence-electron chi connectivity index (χ3n) is 3.70. The smallest absolute Gasteiger partial charge is 0.295 e. The number of carbonyl (C=O) groups is 4. The summed E-state index contributed by atoms with van der Waals surface area (Å²) in [5.41, 5.74) is 0.618. The van der Waals surface area contributed by atoms with Gasteiger partial charge in [-0.15, -0.1) is 0 Å². The molecular weight excluding hydrogens is 350 g/mol. The Morgan fingerprint density at radius 1 is 0.885 bits per heavy atom. The zero-order chi connectivity index (χ0) is 18.8. The van der Waals surface area contributed by atoms with Gasteiger partial charge >= 0.3 is 0 Å². The minimum Gasteiger partial charge on any atom is -0.465 e. The first-order valence-electron chi connectivity index (χ1n) is 7.54. The molecule has 1 heterocycles. The topological polar surface area (TPSA) is 126 Å². The molecule has 0 unspecified atom stereocenters. The first-order chi connectivity index (χ1) is 12.7. The lowest BCUT2D eigenvalue weighted by molar-refractivity contribution is -0.256. The molecule has 0 amide bonds. The molecule has 10 nitrogen and oxygen atoms in total. The van der Waals surface area contributed by atoms with Crippen molar-refractivity contribution in [2.24, 2.45) is 0 Å². The van der Waals surface area contributed by atoms with Crippen LogP contribution in [0.3, 0.4) is 0 Å². The van der Waals surface area contributed by atoms with Gasteiger partial charge in [0, 0.05) is 5.69 Å². The summed E-state index contributed by atoms with van der Waals surface area (Å²) in [6.45, 7) is 0.370. The normalized spacial score (nSPS) is 27.5. The number of carbonyl (C=O) groups excluding carboxylic acids is 4. The Bertz CT molecular complexity index is 597. The summed E-state index contributed by atoms with van der Waals surface area (Å²) in [5.74, 6) is 0. The van der Waals surface area contributed by atoms with Crippen molar-refractivity contribution >= 4 is 31.6 Å². The molecule has 1 N–H and O–H groups in total. The van der Waals surface area contributed by atoms with Crippen LogP contribution >= 0.6 is 0 Å². The molecule has 1 aliphatic rings. The van der Waals surface area contributed by atoms with Gasteiger partial charge in [0.05, 0.1) is 0 Å². The molecule has 0 bridgehead atoms. The molecule has 0 aromatic heterocycles. The number of ether oxygens (including phenoxy) is 5. The highest BCUT2D eigenvalue weighted by Gasteiger charge is 2.50. The van der Waals surface area contributed by atoms with E-state index in [4.69, 9.17) is 18.9 Å². The minimum atomic E-state index is -1.20.